The number of ether oxygens (including phenoxy) is 6. The predicted molar refractivity (Wildman–Crippen MR) is 266 cm³/mol. The minimum atomic E-state index is -1.36. The second-order valence-corrected chi connectivity index (χ2v) is 18.2. The summed E-state index contributed by atoms with van der Waals surface area (Å²) in [5, 5.41) is 30.3. The van der Waals surface area contributed by atoms with Gasteiger partial charge in [-0.3, -0.25) is 19.2 Å². The Bertz CT molecular complexity index is 3580. The van der Waals surface area contributed by atoms with E-state index < -0.39 is 63.4 Å². The van der Waals surface area contributed by atoms with Gasteiger partial charge in [0.15, 0.2) is 21.7 Å². The van der Waals surface area contributed by atoms with Crippen molar-refractivity contribution in [3.8, 4) is 23.0 Å². The molecule has 8 aromatic rings. The van der Waals surface area contributed by atoms with Gasteiger partial charge in [0.2, 0.25) is 17.3 Å². The summed E-state index contributed by atoms with van der Waals surface area (Å²) in [5.74, 6) is -3.22. The van der Waals surface area contributed by atoms with Gasteiger partial charge >= 0.3 is 24.1 Å². The van der Waals surface area contributed by atoms with E-state index >= 15 is 0 Å². The fraction of sp³-hybridized carbons (Fsp3) is 0.259. The summed E-state index contributed by atoms with van der Waals surface area (Å²) in [6, 6.07) is 22.8. The SMILES string of the molecule is CC(C)(C)OC(=O)c1cc(=O)c2c(OCC(O)COc3cccc4oc(C(=O)OC(C)(C)C)cc(=O)c34)cccc2o1.O=C(O)c1cc(=O)c2c(OCC(O)COc3cccc4occc(=O)c34)cccc2o1.O=C=O. The highest BCUT2D eigenvalue weighted by Crippen LogP contribution is 2.28. The number of carboxylic acid groups (broad SMARTS) is 1. The molecule has 8 rings (SSSR count). The molecule has 22 nitrogen and oxygen atoms in total. The topological polar surface area (TPSA) is 322 Å². The molecule has 3 N–H and O–H groups in total. The molecule has 0 amide bonds. The standard InChI is InChI=1S/C31H32O11.C22H16O9.CO2/c1-30(2,3)41-28(35)24-13-18(33)26-20(9-7-11-22(26)39-24)37-15-17(32)16-38-21-10-8-12-23-27(21)19(34)14-25(40-23)29(36)42-31(4,5)6;23-12(10-29-16-4-1-3-15-20(16)13(24)7-8-28-15)11-30-17-5-2-6-18-21(17)14(25)9-19(31-18)22(26)27;2-1-3/h7-14,17,32H,15-16H2,1-6H3;1-9,12,23H,10-11H2,(H,26,27);. The third-order valence-corrected chi connectivity index (χ3v) is 9.93. The van der Waals surface area contributed by atoms with Crippen LogP contribution in [0.5, 0.6) is 23.0 Å². The number of aromatic carboxylic acids is 1. The number of aliphatic hydroxyl groups excluding tert-OH is 2. The Kier molecular flexibility index (Phi) is 17.7. The monoisotopic (exact) mass is 1050 g/mol. The maximum absolute atomic E-state index is 12.8. The highest BCUT2D eigenvalue weighted by atomic mass is 16.6. The lowest BCUT2D eigenvalue weighted by atomic mass is 10.2. The lowest BCUT2D eigenvalue weighted by Crippen LogP contribution is -2.26. The van der Waals surface area contributed by atoms with Crippen molar-refractivity contribution in [1.29, 1.82) is 0 Å². The van der Waals surface area contributed by atoms with Gasteiger partial charge in [0.05, 0.1) is 6.26 Å². The number of hydrogen-bond donors (Lipinski definition) is 3. The first-order valence-electron chi connectivity index (χ1n) is 22.7. The van der Waals surface area contributed by atoms with Crippen LogP contribution in [0, 0.1) is 0 Å². The van der Waals surface area contributed by atoms with Gasteiger partial charge in [0.25, 0.3) is 0 Å². The molecule has 0 saturated heterocycles. The second kappa shape index (κ2) is 24.1. The summed E-state index contributed by atoms with van der Waals surface area (Å²) < 4.78 is 54.7. The van der Waals surface area contributed by atoms with E-state index in [1.807, 2.05) is 0 Å². The predicted octanol–water partition coefficient (Wildman–Crippen LogP) is 6.46. The van der Waals surface area contributed by atoms with Crippen LogP contribution in [0.4, 0.5) is 0 Å². The lowest BCUT2D eigenvalue weighted by molar-refractivity contribution is -0.191. The third-order valence-electron chi connectivity index (χ3n) is 9.93. The Morgan fingerprint density at radius 3 is 1.12 bits per heavy atom. The molecule has 0 spiro atoms. The van der Waals surface area contributed by atoms with E-state index in [4.69, 9.17) is 60.8 Å². The highest BCUT2D eigenvalue weighted by molar-refractivity contribution is 5.92. The maximum Gasteiger partial charge on any atom is 0.374 e. The van der Waals surface area contributed by atoms with Crippen LogP contribution in [0.15, 0.2) is 140 Å². The van der Waals surface area contributed by atoms with Gasteiger partial charge in [0.1, 0.15) is 117 Å². The van der Waals surface area contributed by atoms with Crippen molar-refractivity contribution in [2.75, 3.05) is 26.4 Å². The van der Waals surface area contributed by atoms with Crippen LogP contribution >= 0.6 is 0 Å². The van der Waals surface area contributed by atoms with Gasteiger partial charge in [-0.1, -0.05) is 24.3 Å². The summed E-state index contributed by atoms with van der Waals surface area (Å²) in [6.45, 7) is 9.24. The molecule has 0 radical (unpaired) electrons. The fourth-order valence-corrected chi connectivity index (χ4v) is 6.92. The van der Waals surface area contributed by atoms with E-state index in [1.165, 1.54) is 54.8 Å². The van der Waals surface area contributed by atoms with Crippen molar-refractivity contribution < 1.29 is 85.4 Å². The van der Waals surface area contributed by atoms with Gasteiger partial charge in [0, 0.05) is 24.3 Å². The van der Waals surface area contributed by atoms with Crippen molar-refractivity contribution in [3.05, 3.63) is 161 Å². The third kappa shape index (κ3) is 14.4. The summed E-state index contributed by atoms with van der Waals surface area (Å²) in [7, 11) is 0. The second-order valence-electron chi connectivity index (χ2n) is 18.2. The van der Waals surface area contributed by atoms with E-state index in [2.05, 4.69) is 0 Å². The first-order chi connectivity index (χ1) is 36.0. The molecule has 76 heavy (non-hydrogen) atoms. The molecule has 1 unspecified atom stereocenters. The molecule has 22 heteroatoms. The van der Waals surface area contributed by atoms with Crippen LogP contribution in [0.3, 0.4) is 0 Å². The summed E-state index contributed by atoms with van der Waals surface area (Å²) in [5.41, 5.74) is -2.81. The van der Waals surface area contributed by atoms with E-state index in [0.717, 1.165) is 18.2 Å². The lowest BCUT2D eigenvalue weighted by Gasteiger charge is -2.19. The minimum absolute atomic E-state index is 0.0515. The van der Waals surface area contributed by atoms with Gasteiger partial charge in [-0.15, -0.1) is 0 Å². The zero-order chi connectivity index (χ0) is 55.5. The molecule has 0 fully saturated rings. The molecule has 1 atom stereocenters. The number of esters is 2. The summed E-state index contributed by atoms with van der Waals surface area (Å²) >= 11 is 0. The molecule has 0 aliphatic rings. The van der Waals surface area contributed by atoms with Gasteiger partial charge in [-0.05, 0) is 90.1 Å². The Hall–Kier alpha value is -9.37. The number of hydrogen-bond acceptors (Lipinski definition) is 21. The smallest absolute Gasteiger partial charge is 0.374 e. The quantitative estimate of drug-likeness (QED) is 0.0927. The number of carbonyl (C=O) groups excluding carboxylic acids is 4. The van der Waals surface area contributed by atoms with Crippen molar-refractivity contribution in [2.45, 2.75) is 65.0 Å². The summed E-state index contributed by atoms with van der Waals surface area (Å²) in [4.78, 5) is 102. The van der Waals surface area contributed by atoms with Gasteiger partial charge in [-0.2, -0.15) is 9.59 Å². The molecule has 0 bridgehead atoms. The highest BCUT2D eigenvalue weighted by Gasteiger charge is 2.24. The van der Waals surface area contributed by atoms with Crippen molar-refractivity contribution in [1.82, 2.24) is 0 Å². The van der Waals surface area contributed by atoms with Crippen molar-refractivity contribution >= 4 is 67.9 Å². The van der Waals surface area contributed by atoms with Crippen molar-refractivity contribution in [2.24, 2.45) is 0 Å². The maximum atomic E-state index is 12.8. The van der Waals surface area contributed by atoms with E-state index in [-0.39, 0.29) is 111 Å². The summed E-state index contributed by atoms with van der Waals surface area (Å²) in [6.07, 6.45) is -0.722. The van der Waals surface area contributed by atoms with Crippen LogP contribution in [0.1, 0.15) is 73.2 Å². The molecule has 0 saturated carbocycles. The number of aliphatic hydroxyl groups is 2. The van der Waals surface area contributed by atoms with Gasteiger partial charge < -0.3 is 61.4 Å². The molecular weight excluding hydrogens is 1000 g/mol. The molecule has 0 aliphatic carbocycles. The molecular formula is C54H48O22. The average Bonchev–Trinajstić information content (AvgIpc) is 3.35. The number of rotatable bonds is 15. The molecule has 4 heterocycles. The number of fused-ring (bicyclic) bond motifs is 4. The first-order valence-corrected chi connectivity index (χ1v) is 22.7. The number of carbonyl (C=O) groups is 3. The fourth-order valence-electron chi connectivity index (χ4n) is 6.92. The van der Waals surface area contributed by atoms with E-state index in [9.17, 15) is 43.8 Å². The van der Waals surface area contributed by atoms with Crippen LogP contribution in [0.25, 0.3) is 43.9 Å². The van der Waals surface area contributed by atoms with Gasteiger partial charge in [-0.25, -0.2) is 14.4 Å². The largest absolute Gasteiger partial charge is 0.490 e. The Balaban J connectivity index is 0.000000244. The molecule has 0 aliphatic heterocycles. The zero-order valence-corrected chi connectivity index (χ0v) is 41.4. The number of benzene rings is 4. The Morgan fingerprint density at radius 2 is 0.789 bits per heavy atom. The first kappa shape index (κ1) is 55.9. The van der Waals surface area contributed by atoms with E-state index in [0.29, 0.717) is 5.58 Å². The molecule has 4 aromatic carbocycles. The van der Waals surface area contributed by atoms with Crippen molar-refractivity contribution in [3.63, 3.8) is 0 Å². The molecule has 396 valence electrons. The molecule has 4 aromatic heterocycles. The Morgan fingerprint density at radius 1 is 0.487 bits per heavy atom. The Labute approximate surface area is 428 Å². The normalized spacial score (nSPS) is 11.6. The minimum Gasteiger partial charge on any atom is -0.490 e. The number of carboxylic acids is 1. The van der Waals surface area contributed by atoms with Crippen LogP contribution in [-0.2, 0) is 19.1 Å². The average molecular weight is 1050 g/mol. The van der Waals surface area contributed by atoms with E-state index in [1.54, 1.807) is 71.9 Å². The van der Waals surface area contributed by atoms with Crippen LogP contribution in [-0.4, -0.2) is 89.2 Å². The van der Waals surface area contributed by atoms with Crippen LogP contribution in [0.2, 0.25) is 0 Å². The van der Waals surface area contributed by atoms with Crippen LogP contribution < -0.4 is 40.7 Å². The zero-order valence-electron chi connectivity index (χ0n) is 41.4.